The molecule has 0 amide bonds. The number of nitrogens with zero attached hydrogens (tertiary/aromatic N) is 1. The number of esters is 1. The van der Waals surface area contributed by atoms with Crippen LogP contribution in [0, 0.1) is 0 Å². The molecule has 0 spiro atoms. The van der Waals surface area contributed by atoms with Crippen LogP contribution < -0.4 is 4.74 Å². The molecular formula is C25H22F3NO3. The molecule has 166 valence electrons. The molecule has 0 fully saturated rings. The molecule has 1 atom stereocenters. The number of hydrogen-bond acceptors (Lipinski definition) is 4. The summed E-state index contributed by atoms with van der Waals surface area (Å²) in [5, 5.41) is 0. The number of hydrogen-bond donors (Lipinski definition) is 0. The minimum atomic E-state index is -4.80. The molecule has 0 radical (unpaired) electrons. The van der Waals surface area contributed by atoms with E-state index in [2.05, 4.69) is 4.74 Å². The number of rotatable bonds is 8. The van der Waals surface area contributed by atoms with Crippen molar-refractivity contribution in [2.24, 2.45) is 4.99 Å². The maximum absolute atomic E-state index is 12.7. The molecule has 7 heteroatoms. The topological polar surface area (TPSA) is 47.9 Å². The second kappa shape index (κ2) is 10.6. The summed E-state index contributed by atoms with van der Waals surface area (Å²) in [6, 6.07) is 23.3. The fraction of sp³-hybridized carbons (Fsp3) is 0.200. The average molecular weight is 441 g/mol. The summed E-state index contributed by atoms with van der Waals surface area (Å²) in [4.78, 5) is 17.4. The highest BCUT2D eigenvalue weighted by Gasteiger charge is 2.31. The highest BCUT2D eigenvalue weighted by Crippen LogP contribution is 2.24. The molecule has 0 N–H and O–H groups in total. The number of alkyl halides is 3. The summed E-state index contributed by atoms with van der Waals surface area (Å²) in [6.07, 6.45) is -4.75. The summed E-state index contributed by atoms with van der Waals surface area (Å²) in [7, 11) is 0. The molecule has 0 aliphatic rings. The van der Waals surface area contributed by atoms with Crippen molar-refractivity contribution in [1.82, 2.24) is 0 Å². The summed E-state index contributed by atoms with van der Waals surface area (Å²) in [5.74, 6) is -0.910. The van der Waals surface area contributed by atoms with Gasteiger partial charge in [-0.2, -0.15) is 0 Å². The average Bonchev–Trinajstić information content (AvgIpc) is 2.77. The molecule has 3 rings (SSSR count). The van der Waals surface area contributed by atoms with Crippen LogP contribution in [0.25, 0.3) is 0 Å². The third kappa shape index (κ3) is 6.70. The lowest BCUT2D eigenvalue weighted by atomic mass is 10.0. The normalized spacial score (nSPS) is 12.0. The molecule has 0 saturated carbocycles. The van der Waals surface area contributed by atoms with Crippen LogP contribution in [0.15, 0.2) is 89.9 Å². The first kappa shape index (κ1) is 23.1. The van der Waals surface area contributed by atoms with Crippen LogP contribution in [0.3, 0.4) is 0 Å². The second-order valence-corrected chi connectivity index (χ2v) is 6.88. The van der Waals surface area contributed by atoms with Crippen LogP contribution in [0.4, 0.5) is 13.2 Å². The fourth-order valence-electron chi connectivity index (χ4n) is 3.18. The molecule has 0 heterocycles. The highest BCUT2D eigenvalue weighted by atomic mass is 19.4. The van der Waals surface area contributed by atoms with Crippen molar-refractivity contribution in [3.8, 4) is 5.75 Å². The molecule has 0 saturated heterocycles. The number of halogens is 3. The molecule has 32 heavy (non-hydrogen) atoms. The Kier molecular flexibility index (Phi) is 7.65. The number of carbonyl (C=O) groups excluding carboxylic acids is 1. The summed E-state index contributed by atoms with van der Waals surface area (Å²) in [5.41, 5.74) is 2.67. The van der Waals surface area contributed by atoms with E-state index < -0.39 is 18.4 Å². The first-order chi connectivity index (χ1) is 15.4. The van der Waals surface area contributed by atoms with Gasteiger partial charge in [0.2, 0.25) is 0 Å². The lowest BCUT2D eigenvalue weighted by Crippen LogP contribution is -2.26. The van der Waals surface area contributed by atoms with Crippen LogP contribution >= 0.6 is 0 Å². The Bertz CT molecular complexity index is 1010. The van der Waals surface area contributed by atoms with Gasteiger partial charge in [-0.15, -0.1) is 13.2 Å². The number of benzene rings is 3. The SMILES string of the molecule is CCOC(=O)C(Cc1cccc(OC(F)(F)F)c1)N=C(c1ccccc1)c1ccccc1. The number of carbonyl (C=O) groups is 1. The third-order valence-electron chi connectivity index (χ3n) is 4.50. The van der Waals surface area contributed by atoms with Gasteiger partial charge in [0, 0.05) is 17.5 Å². The van der Waals surface area contributed by atoms with Gasteiger partial charge in [0.1, 0.15) is 5.75 Å². The lowest BCUT2D eigenvalue weighted by molar-refractivity contribution is -0.274. The molecule has 3 aromatic carbocycles. The second-order valence-electron chi connectivity index (χ2n) is 6.88. The predicted octanol–water partition coefficient (Wildman–Crippen LogP) is 5.60. The van der Waals surface area contributed by atoms with Crippen molar-refractivity contribution in [2.75, 3.05) is 6.61 Å². The standard InChI is InChI=1S/C25H22F3NO3/c1-2-31-24(30)22(17-18-10-9-15-21(16-18)32-25(26,27)28)29-23(19-11-5-3-6-12-19)20-13-7-4-8-14-20/h3-16,22H,2,17H2,1H3. The van der Waals surface area contributed by atoms with E-state index in [0.717, 1.165) is 11.1 Å². The maximum Gasteiger partial charge on any atom is 0.573 e. The van der Waals surface area contributed by atoms with Gasteiger partial charge in [-0.1, -0.05) is 72.8 Å². The Morgan fingerprint density at radius 2 is 1.50 bits per heavy atom. The van der Waals surface area contributed by atoms with Crippen LogP contribution in [0.1, 0.15) is 23.6 Å². The molecule has 1 unspecified atom stereocenters. The van der Waals surface area contributed by atoms with Crippen molar-refractivity contribution in [3.05, 3.63) is 102 Å². The zero-order chi connectivity index (χ0) is 23.0. The monoisotopic (exact) mass is 441 g/mol. The van der Waals surface area contributed by atoms with Gasteiger partial charge in [-0.25, -0.2) is 4.79 Å². The van der Waals surface area contributed by atoms with Gasteiger partial charge in [-0.3, -0.25) is 4.99 Å². The number of aliphatic imine (C=N–C) groups is 1. The van der Waals surface area contributed by atoms with Crippen molar-refractivity contribution < 1.29 is 27.4 Å². The van der Waals surface area contributed by atoms with E-state index in [1.165, 1.54) is 18.2 Å². The first-order valence-electron chi connectivity index (χ1n) is 10.1. The van der Waals surface area contributed by atoms with Gasteiger partial charge < -0.3 is 9.47 Å². The third-order valence-corrected chi connectivity index (χ3v) is 4.50. The van der Waals surface area contributed by atoms with Crippen LogP contribution in [-0.4, -0.2) is 30.7 Å². The molecule has 0 aromatic heterocycles. The fourth-order valence-corrected chi connectivity index (χ4v) is 3.18. The Morgan fingerprint density at radius 3 is 2.03 bits per heavy atom. The maximum atomic E-state index is 12.7. The van der Waals surface area contributed by atoms with Gasteiger partial charge >= 0.3 is 12.3 Å². The van der Waals surface area contributed by atoms with Crippen molar-refractivity contribution in [2.45, 2.75) is 25.7 Å². The quantitative estimate of drug-likeness (QED) is 0.338. The largest absolute Gasteiger partial charge is 0.573 e. The smallest absolute Gasteiger partial charge is 0.464 e. The lowest BCUT2D eigenvalue weighted by Gasteiger charge is -2.16. The molecule has 0 bridgehead atoms. The summed E-state index contributed by atoms with van der Waals surface area (Å²) < 4.78 is 47.0. The van der Waals surface area contributed by atoms with Gasteiger partial charge in [0.05, 0.1) is 12.3 Å². The molecular weight excluding hydrogens is 419 g/mol. The van der Waals surface area contributed by atoms with E-state index >= 15 is 0 Å². The van der Waals surface area contributed by atoms with E-state index in [0.29, 0.717) is 11.3 Å². The Labute approximate surface area is 184 Å². The minimum Gasteiger partial charge on any atom is -0.464 e. The predicted molar refractivity (Wildman–Crippen MR) is 116 cm³/mol. The zero-order valence-corrected chi connectivity index (χ0v) is 17.4. The van der Waals surface area contributed by atoms with Crippen molar-refractivity contribution in [3.63, 3.8) is 0 Å². The Hall–Kier alpha value is -3.61. The zero-order valence-electron chi connectivity index (χ0n) is 17.4. The molecule has 0 aliphatic heterocycles. The van der Waals surface area contributed by atoms with E-state index in [1.54, 1.807) is 13.0 Å². The molecule has 0 aliphatic carbocycles. The highest BCUT2D eigenvalue weighted by molar-refractivity contribution is 6.13. The van der Waals surface area contributed by atoms with E-state index in [1.807, 2.05) is 60.7 Å². The van der Waals surface area contributed by atoms with Crippen LogP contribution in [0.5, 0.6) is 5.75 Å². The summed E-state index contributed by atoms with van der Waals surface area (Å²) >= 11 is 0. The van der Waals surface area contributed by atoms with Gasteiger partial charge in [-0.05, 0) is 24.6 Å². The van der Waals surface area contributed by atoms with Gasteiger partial charge in [0.25, 0.3) is 0 Å². The molecule has 3 aromatic rings. The van der Waals surface area contributed by atoms with Crippen molar-refractivity contribution >= 4 is 11.7 Å². The minimum absolute atomic E-state index is 0.0526. The van der Waals surface area contributed by atoms with Gasteiger partial charge in [0.15, 0.2) is 6.04 Å². The number of ether oxygens (including phenoxy) is 2. The summed E-state index contributed by atoms with van der Waals surface area (Å²) in [6.45, 7) is 1.85. The van der Waals surface area contributed by atoms with E-state index in [4.69, 9.17) is 9.73 Å². The molecule has 4 nitrogen and oxygen atoms in total. The van der Waals surface area contributed by atoms with Crippen molar-refractivity contribution in [1.29, 1.82) is 0 Å². The first-order valence-corrected chi connectivity index (χ1v) is 10.1. The Balaban J connectivity index is 2.00. The Morgan fingerprint density at radius 1 is 0.906 bits per heavy atom. The van der Waals surface area contributed by atoms with Crippen LogP contribution in [-0.2, 0) is 16.0 Å². The van der Waals surface area contributed by atoms with E-state index in [9.17, 15) is 18.0 Å². The van der Waals surface area contributed by atoms with E-state index in [-0.39, 0.29) is 18.8 Å². The van der Waals surface area contributed by atoms with Crippen LogP contribution in [0.2, 0.25) is 0 Å².